The van der Waals surface area contributed by atoms with Crippen LogP contribution in [0.5, 0.6) is 0 Å². The topological polar surface area (TPSA) is 71.2 Å². The van der Waals surface area contributed by atoms with Gasteiger partial charge in [0.15, 0.2) is 5.69 Å². The normalized spacial score (nSPS) is 17.5. The minimum Gasteiger partial charge on any atom is -0.476 e. The first-order valence-electron chi connectivity index (χ1n) is 9.03. The average Bonchev–Trinajstić information content (AvgIpc) is 3.12. The van der Waals surface area contributed by atoms with Gasteiger partial charge in [-0.15, -0.1) is 5.10 Å². The summed E-state index contributed by atoms with van der Waals surface area (Å²) in [6, 6.07) is 10.9. The number of carboxylic acids is 1. The van der Waals surface area contributed by atoms with Crippen LogP contribution >= 0.6 is 0 Å². The molecule has 1 saturated heterocycles. The van der Waals surface area contributed by atoms with Crippen molar-refractivity contribution >= 4 is 5.97 Å². The summed E-state index contributed by atoms with van der Waals surface area (Å²) in [6.45, 7) is 5.51. The van der Waals surface area contributed by atoms with Crippen molar-refractivity contribution in [1.29, 1.82) is 0 Å². The third-order valence-electron chi connectivity index (χ3n) is 5.00. The highest BCUT2D eigenvalue weighted by molar-refractivity contribution is 5.84. The van der Waals surface area contributed by atoms with Gasteiger partial charge in [0, 0.05) is 19.6 Å². The molecule has 1 aliphatic rings. The van der Waals surface area contributed by atoms with E-state index in [-0.39, 0.29) is 11.7 Å². The van der Waals surface area contributed by atoms with Gasteiger partial charge in [-0.05, 0) is 37.2 Å². The number of hydrogen-bond acceptors (Lipinski definition) is 4. The Morgan fingerprint density at radius 3 is 2.64 bits per heavy atom. The molecule has 0 spiro atoms. The third kappa shape index (κ3) is 4.89. The van der Waals surface area contributed by atoms with Crippen LogP contribution in [-0.4, -0.2) is 50.6 Å². The maximum absolute atomic E-state index is 10.9. The molecule has 2 heterocycles. The Bertz CT molecular complexity index is 678. The zero-order valence-electron chi connectivity index (χ0n) is 14.7. The zero-order valence-corrected chi connectivity index (χ0v) is 14.7. The highest BCUT2D eigenvalue weighted by atomic mass is 16.4. The molecule has 134 valence electrons. The lowest BCUT2D eigenvalue weighted by Gasteiger charge is -2.33. The van der Waals surface area contributed by atoms with Gasteiger partial charge in [-0.25, -0.2) is 9.48 Å². The quantitative estimate of drug-likeness (QED) is 0.838. The fourth-order valence-electron chi connectivity index (χ4n) is 3.51. The molecule has 1 atom stereocenters. The molecule has 1 aromatic carbocycles. The number of aryl methyl sites for hydroxylation is 1. The molecule has 6 nitrogen and oxygen atoms in total. The summed E-state index contributed by atoms with van der Waals surface area (Å²) >= 11 is 0. The van der Waals surface area contributed by atoms with Crippen molar-refractivity contribution in [2.24, 2.45) is 5.92 Å². The van der Waals surface area contributed by atoms with E-state index < -0.39 is 5.97 Å². The van der Waals surface area contributed by atoms with Crippen LogP contribution in [0.4, 0.5) is 0 Å². The second kappa shape index (κ2) is 8.25. The van der Waals surface area contributed by atoms with E-state index in [2.05, 4.69) is 52.5 Å². The fourth-order valence-corrected chi connectivity index (χ4v) is 3.51. The summed E-state index contributed by atoms with van der Waals surface area (Å²) in [4.78, 5) is 13.4. The summed E-state index contributed by atoms with van der Waals surface area (Å²) in [7, 11) is 0. The molecule has 1 N–H and O–H groups in total. The van der Waals surface area contributed by atoms with E-state index in [1.165, 1.54) is 12.0 Å². The summed E-state index contributed by atoms with van der Waals surface area (Å²) in [6.07, 6.45) is 5.87. The second-order valence-corrected chi connectivity index (χ2v) is 7.05. The number of piperidine rings is 1. The van der Waals surface area contributed by atoms with Gasteiger partial charge in [-0.1, -0.05) is 42.5 Å². The molecule has 1 fully saturated rings. The van der Waals surface area contributed by atoms with Crippen LogP contribution in [0.25, 0.3) is 0 Å². The Morgan fingerprint density at radius 2 is 2.00 bits per heavy atom. The second-order valence-electron chi connectivity index (χ2n) is 7.05. The van der Waals surface area contributed by atoms with E-state index in [9.17, 15) is 4.79 Å². The Labute approximate surface area is 148 Å². The molecule has 2 aromatic rings. The molecule has 1 unspecified atom stereocenters. The zero-order chi connectivity index (χ0) is 17.6. The van der Waals surface area contributed by atoms with Gasteiger partial charge in [0.2, 0.25) is 0 Å². The molecule has 1 aromatic heterocycles. The SMILES string of the molecule is CC(CCc1ccccc1)CN1CCC(n2cc(C(=O)O)nn2)CC1. The summed E-state index contributed by atoms with van der Waals surface area (Å²) in [5.41, 5.74) is 1.44. The molecule has 3 rings (SSSR count). The average molecular weight is 342 g/mol. The predicted molar refractivity (Wildman–Crippen MR) is 95.6 cm³/mol. The van der Waals surface area contributed by atoms with Crippen LogP contribution < -0.4 is 0 Å². The first-order valence-corrected chi connectivity index (χ1v) is 9.03. The standard InChI is InChI=1S/C19H26N4O2/c1-15(7-8-16-5-3-2-4-6-16)13-22-11-9-17(10-12-22)23-14-18(19(24)25)20-21-23/h2-6,14-15,17H,7-13H2,1H3,(H,24,25). The lowest BCUT2D eigenvalue weighted by Crippen LogP contribution is -2.37. The molecule has 25 heavy (non-hydrogen) atoms. The van der Waals surface area contributed by atoms with Crippen LogP contribution in [0, 0.1) is 5.92 Å². The first-order chi connectivity index (χ1) is 12.1. The maximum Gasteiger partial charge on any atom is 0.358 e. The number of hydrogen-bond donors (Lipinski definition) is 1. The Balaban J connectivity index is 1.41. The van der Waals surface area contributed by atoms with Gasteiger partial charge >= 0.3 is 5.97 Å². The maximum atomic E-state index is 10.9. The molecule has 1 aliphatic heterocycles. The molecule has 6 heteroatoms. The highest BCUT2D eigenvalue weighted by Crippen LogP contribution is 2.23. The van der Waals surface area contributed by atoms with Gasteiger partial charge in [-0.2, -0.15) is 0 Å². The summed E-state index contributed by atoms with van der Waals surface area (Å²) < 4.78 is 1.72. The molecule has 0 saturated carbocycles. The fraction of sp³-hybridized carbons (Fsp3) is 0.526. The van der Waals surface area contributed by atoms with Crippen LogP contribution in [0.3, 0.4) is 0 Å². The van der Waals surface area contributed by atoms with E-state index in [1.807, 2.05) is 0 Å². The van der Waals surface area contributed by atoms with Crippen molar-refractivity contribution in [2.45, 2.75) is 38.6 Å². The van der Waals surface area contributed by atoms with E-state index >= 15 is 0 Å². The molecular formula is C19H26N4O2. The van der Waals surface area contributed by atoms with Crippen LogP contribution in [0.1, 0.15) is 48.3 Å². The Morgan fingerprint density at radius 1 is 1.28 bits per heavy atom. The number of nitrogens with zero attached hydrogens (tertiary/aromatic N) is 4. The van der Waals surface area contributed by atoms with Crippen molar-refractivity contribution in [1.82, 2.24) is 19.9 Å². The smallest absolute Gasteiger partial charge is 0.358 e. The van der Waals surface area contributed by atoms with Gasteiger partial charge in [0.25, 0.3) is 0 Å². The Kier molecular flexibility index (Phi) is 5.81. The van der Waals surface area contributed by atoms with Gasteiger partial charge in [0.1, 0.15) is 0 Å². The summed E-state index contributed by atoms with van der Waals surface area (Å²) in [5, 5.41) is 16.6. The summed E-state index contributed by atoms with van der Waals surface area (Å²) in [5.74, 6) is -0.349. The van der Waals surface area contributed by atoms with Crippen molar-refractivity contribution in [2.75, 3.05) is 19.6 Å². The molecule has 0 amide bonds. The Hall–Kier alpha value is -2.21. The largest absolute Gasteiger partial charge is 0.476 e. The number of carboxylic acid groups (broad SMARTS) is 1. The number of benzene rings is 1. The third-order valence-corrected chi connectivity index (χ3v) is 5.00. The van der Waals surface area contributed by atoms with Crippen molar-refractivity contribution in [3.63, 3.8) is 0 Å². The minimum absolute atomic E-state index is 0.0250. The van der Waals surface area contributed by atoms with Crippen molar-refractivity contribution in [3.05, 3.63) is 47.8 Å². The number of carbonyl (C=O) groups is 1. The number of likely N-dealkylation sites (tertiary alicyclic amines) is 1. The predicted octanol–water partition coefficient (Wildman–Crippen LogP) is 2.88. The van der Waals surface area contributed by atoms with E-state index in [1.54, 1.807) is 10.9 Å². The monoisotopic (exact) mass is 342 g/mol. The lowest BCUT2D eigenvalue weighted by molar-refractivity contribution is 0.0690. The van der Waals surface area contributed by atoms with E-state index in [0.717, 1.165) is 38.9 Å². The minimum atomic E-state index is -1.02. The highest BCUT2D eigenvalue weighted by Gasteiger charge is 2.23. The van der Waals surface area contributed by atoms with Crippen molar-refractivity contribution in [3.8, 4) is 0 Å². The number of aromatic nitrogens is 3. The number of aromatic carboxylic acids is 1. The molecule has 0 radical (unpaired) electrons. The number of rotatable bonds is 7. The first kappa shape index (κ1) is 17.6. The van der Waals surface area contributed by atoms with Gasteiger partial charge in [0.05, 0.1) is 12.2 Å². The van der Waals surface area contributed by atoms with Crippen LogP contribution in [0.15, 0.2) is 36.5 Å². The van der Waals surface area contributed by atoms with Crippen LogP contribution in [0.2, 0.25) is 0 Å². The molecule has 0 aliphatic carbocycles. The van der Waals surface area contributed by atoms with Gasteiger partial charge in [-0.3, -0.25) is 0 Å². The van der Waals surface area contributed by atoms with Gasteiger partial charge < -0.3 is 10.0 Å². The van der Waals surface area contributed by atoms with Crippen LogP contribution in [-0.2, 0) is 6.42 Å². The van der Waals surface area contributed by atoms with E-state index in [4.69, 9.17) is 5.11 Å². The van der Waals surface area contributed by atoms with Crippen molar-refractivity contribution < 1.29 is 9.90 Å². The molecule has 0 bridgehead atoms. The lowest BCUT2D eigenvalue weighted by atomic mass is 9.98. The molecular weight excluding hydrogens is 316 g/mol. The van der Waals surface area contributed by atoms with E-state index in [0.29, 0.717) is 5.92 Å².